The lowest BCUT2D eigenvalue weighted by Gasteiger charge is -2.28. The minimum Gasteiger partial charge on any atom is -0.335 e. The van der Waals surface area contributed by atoms with E-state index in [0.717, 1.165) is 32.0 Å². The lowest BCUT2D eigenvalue weighted by Crippen LogP contribution is -2.31. The lowest BCUT2D eigenvalue weighted by atomic mass is 9.99. The third-order valence-corrected chi connectivity index (χ3v) is 5.07. The summed E-state index contributed by atoms with van der Waals surface area (Å²) >= 11 is 1.83. The molecule has 0 bridgehead atoms. The van der Waals surface area contributed by atoms with E-state index >= 15 is 0 Å². The molecule has 1 aliphatic rings. The van der Waals surface area contributed by atoms with E-state index in [9.17, 15) is 0 Å². The van der Waals surface area contributed by atoms with Crippen LogP contribution in [0.25, 0.3) is 0 Å². The number of fused-ring (bicyclic) bond motifs is 1. The van der Waals surface area contributed by atoms with Crippen LogP contribution in [0.3, 0.4) is 0 Å². The van der Waals surface area contributed by atoms with Crippen LogP contribution in [0.2, 0.25) is 0 Å². The van der Waals surface area contributed by atoms with Gasteiger partial charge in [-0.2, -0.15) is 0 Å². The van der Waals surface area contributed by atoms with Crippen molar-refractivity contribution in [3.8, 4) is 0 Å². The minimum absolute atomic E-state index is 0.732. The zero-order valence-corrected chi connectivity index (χ0v) is 13.3. The molecule has 0 amide bonds. The van der Waals surface area contributed by atoms with Gasteiger partial charge in [0.25, 0.3) is 0 Å². The SMILES string of the molecule is Cc1nc(C)c(CN(C)C[C@H]2CCc3nccn3C2)s1. The number of imidazole rings is 1. The summed E-state index contributed by atoms with van der Waals surface area (Å²) in [6.07, 6.45) is 6.40. The molecular weight excluding hydrogens is 268 g/mol. The van der Waals surface area contributed by atoms with Gasteiger partial charge in [0.2, 0.25) is 0 Å². The first-order valence-electron chi connectivity index (χ1n) is 7.23. The van der Waals surface area contributed by atoms with Crippen molar-refractivity contribution in [2.45, 2.75) is 39.8 Å². The molecule has 3 rings (SSSR count). The van der Waals surface area contributed by atoms with Gasteiger partial charge >= 0.3 is 0 Å². The molecule has 0 spiro atoms. The highest BCUT2D eigenvalue weighted by Gasteiger charge is 2.20. The van der Waals surface area contributed by atoms with Gasteiger partial charge < -0.3 is 9.47 Å². The third-order valence-electron chi connectivity index (χ3n) is 4.02. The first kappa shape index (κ1) is 13.8. The van der Waals surface area contributed by atoms with Crippen molar-refractivity contribution in [3.63, 3.8) is 0 Å². The Hall–Kier alpha value is -1.20. The van der Waals surface area contributed by atoms with Gasteiger partial charge in [0.05, 0.1) is 10.7 Å². The molecule has 1 aliphatic heterocycles. The summed E-state index contributed by atoms with van der Waals surface area (Å²) in [5.41, 5.74) is 1.19. The molecule has 5 heteroatoms. The maximum absolute atomic E-state index is 4.51. The maximum atomic E-state index is 4.51. The molecule has 0 radical (unpaired) electrons. The fourth-order valence-electron chi connectivity index (χ4n) is 3.06. The second kappa shape index (κ2) is 5.66. The van der Waals surface area contributed by atoms with Crippen molar-refractivity contribution in [3.05, 3.63) is 33.8 Å². The van der Waals surface area contributed by atoms with Crippen LogP contribution >= 0.6 is 11.3 Å². The van der Waals surface area contributed by atoms with Gasteiger partial charge in [-0.1, -0.05) is 0 Å². The van der Waals surface area contributed by atoms with Crippen molar-refractivity contribution in [1.82, 2.24) is 19.4 Å². The van der Waals surface area contributed by atoms with Crippen molar-refractivity contribution >= 4 is 11.3 Å². The van der Waals surface area contributed by atoms with E-state index in [2.05, 4.69) is 46.5 Å². The Morgan fingerprint density at radius 3 is 3.05 bits per heavy atom. The zero-order valence-electron chi connectivity index (χ0n) is 12.5. The summed E-state index contributed by atoms with van der Waals surface area (Å²) in [5, 5.41) is 1.17. The first-order chi connectivity index (χ1) is 9.61. The second-order valence-electron chi connectivity index (χ2n) is 5.84. The number of hydrogen-bond donors (Lipinski definition) is 0. The van der Waals surface area contributed by atoms with Crippen LogP contribution in [0, 0.1) is 19.8 Å². The highest BCUT2D eigenvalue weighted by molar-refractivity contribution is 7.11. The van der Waals surface area contributed by atoms with Crippen molar-refractivity contribution in [2.24, 2.45) is 5.92 Å². The summed E-state index contributed by atoms with van der Waals surface area (Å²) in [7, 11) is 2.22. The van der Waals surface area contributed by atoms with Crippen molar-refractivity contribution in [2.75, 3.05) is 13.6 Å². The van der Waals surface area contributed by atoms with Crippen LogP contribution in [0.4, 0.5) is 0 Å². The summed E-state index contributed by atoms with van der Waals surface area (Å²) in [5.74, 6) is 1.98. The zero-order chi connectivity index (χ0) is 14.1. The molecule has 0 fully saturated rings. The average Bonchev–Trinajstić information content (AvgIpc) is 2.96. The molecule has 3 heterocycles. The first-order valence-corrected chi connectivity index (χ1v) is 8.05. The molecule has 1 atom stereocenters. The number of hydrogen-bond acceptors (Lipinski definition) is 4. The highest BCUT2D eigenvalue weighted by atomic mass is 32.1. The van der Waals surface area contributed by atoms with Gasteiger partial charge in [-0.05, 0) is 33.2 Å². The van der Waals surface area contributed by atoms with Gasteiger partial charge in [0, 0.05) is 43.3 Å². The lowest BCUT2D eigenvalue weighted by molar-refractivity contribution is 0.230. The molecule has 0 saturated heterocycles. The molecule has 20 heavy (non-hydrogen) atoms. The Bertz CT molecular complexity index is 586. The number of aryl methyl sites for hydroxylation is 3. The Kier molecular flexibility index (Phi) is 3.89. The van der Waals surface area contributed by atoms with Crippen LogP contribution in [0.15, 0.2) is 12.4 Å². The number of rotatable bonds is 4. The van der Waals surface area contributed by atoms with Crippen LogP contribution < -0.4 is 0 Å². The van der Waals surface area contributed by atoms with Crippen LogP contribution in [0.5, 0.6) is 0 Å². The van der Waals surface area contributed by atoms with E-state index in [1.54, 1.807) is 0 Å². The number of nitrogens with zero attached hydrogens (tertiary/aromatic N) is 4. The molecule has 2 aromatic heterocycles. The standard InChI is InChI=1S/C15H22N4S/c1-11-14(20-12(2)17-11)10-18(3)8-13-4-5-15-16-6-7-19(15)9-13/h6-7,13H,4-5,8-10H2,1-3H3/t13-/m1/s1. The van der Waals surface area contributed by atoms with Crippen LogP contribution in [-0.2, 0) is 19.5 Å². The number of aromatic nitrogens is 3. The third kappa shape index (κ3) is 2.94. The summed E-state index contributed by atoms with van der Waals surface area (Å²) in [6, 6.07) is 0. The molecule has 4 nitrogen and oxygen atoms in total. The topological polar surface area (TPSA) is 34.0 Å². The summed E-state index contributed by atoms with van der Waals surface area (Å²) in [4.78, 5) is 12.8. The van der Waals surface area contributed by atoms with Crippen LogP contribution in [0.1, 0.15) is 27.8 Å². The Balaban J connectivity index is 1.57. The van der Waals surface area contributed by atoms with Gasteiger partial charge in [-0.15, -0.1) is 11.3 Å². The molecule has 0 saturated carbocycles. The Morgan fingerprint density at radius 2 is 2.30 bits per heavy atom. The fraction of sp³-hybridized carbons (Fsp3) is 0.600. The molecule has 0 aliphatic carbocycles. The molecule has 2 aromatic rings. The van der Waals surface area contributed by atoms with Gasteiger partial charge in [-0.3, -0.25) is 0 Å². The van der Waals surface area contributed by atoms with E-state index in [4.69, 9.17) is 0 Å². The smallest absolute Gasteiger partial charge is 0.108 e. The molecule has 0 aromatic carbocycles. The van der Waals surface area contributed by atoms with E-state index in [0.29, 0.717) is 0 Å². The molecule has 108 valence electrons. The quantitative estimate of drug-likeness (QED) is 0.868. The molecule has 0 N–H and O–H groups in total. The predicted octanol–water partition coefficient (Wildman–Crippen LogP) is 2.65. The van der Waals surface area contributed by atoms with Crippen LogP contribution in [-0.4, -0.2) is 33.0 Å². The highest BCUT2D eigenvalue weighted by Crippen LogP contribution is 2.22. The largest absolute Gasteiger partial charge is 0.335 e. The van der Waals surface area contributed by atoms with Gasteiger partial charge in [0.1, 0.15) is 5.82 Å². The van der Waals surface area contributed by atoms with Crippen molar-refractivity contribution < 1.29 is 0 Å². The summed E-state index contributed by atoms with van der Waals surface area (Å²) in [6.45, 7) is 7.48. The minimum atomic E-state index is 0.732. The van der Waals surface area contributed by atoms with Crippen molar-refractivity contribution in [1.29, 1.82) is 0 Å². The van der Waals surface area contributed by atoms with E-state index in [1.165, 1.54) is 27.8 Å². The van der Waals surface area contributed by atoms with E-state index in [1.807, 2.05) is 17.5 Å². The fourth-order valence-corrected chi connectivity index (χ4v) is 4.07. The average molecular weight is 290 g/mol. The maximum Gasteiger partial charge on any atom is 0.108 e. The monoisotopic (exact) mass is 290 g/mol. The molecule has 0 unspecified atom stereocenters. The Morgan fingerprint density at radius 1 is 1.45 bits per heavy atom. The predicted molar refractivity (Wildman–Crippen MR) is 82.0 cm³/mol. The molecular formula is C15H22N4S. The number of thiazole rings is 1. The second-order valence-corrected chi connectivity index (χ2v) is 7.13. The van der Waals surface area contributed by atoms with Gasteiger partial charge in [0.15, 0.2) is 0 Å². The van der Waals surface area contributed by atoms with E-state index < -0.39 is 0 Å². The normalized spacial score (nSPS) is 18.5. The summed E-state index contributed by atoms with van der Waals surface area (Å²) < 4.78 is 2.31. The van der Waals surface area contributed by atoms with Gasteiger partial charge in [-0.25, -0.2) is 9.97 Å². The Labute approximate surface area is 124 Å². The van der Waals surface area contributed by atoms with E-state index in [-0.39, 0.29) is 0 Å².